The first kappa shape index (κ1) is 5.69. The Kier molecular flexibility index (Phi) is 1.08. The lowest BCUT2D eigenvalue weighted by molar-refractivity contribution is 0.0550. The van der Waals surface area contributed by atoms with Crippen molar-refractivity contribution in [3.8, 4) is 0 Å². The van der Waals surface area contributed by atoms with E-state index in [0.717, 1.165) is 6.61 Å². The van der Waals surface area contributed by atoms with Crippen LogP contribution < -0.4 is 5.32 Å². The molecule has 9 heavy (non-hydrogen) atoms. The van der Waals surface area contributed by atoms with Gasteiger partial charge >= 0.3 is 0 Å². The van der Waals surface area contributed by atoms with Gasteiger partial charge in [-0.05, 0) is 26.3 Å². The Hall–Kier alpha value is -0.0800. The molecular formula is C7H13NO. The van der Waals surface area contributed by atoms with Gasteiger partial charge in [-0.2, -0.15) is 0 Å². The standard InChI is InChI=1S/C7H13NO/c1-6-7(2-4-8-7)3-5-9-6/h6,8H,2-5H2,1H3. The lowest BCUT2D eigenvalue weighted by Gasteiger charge is -2.42. The minimum Gasteiger partial charge on any atom is -0.377 e. The minimum atomic E-state index is 0.403. The van der Waals surface area contributed by atoms with Crippen LogP contribution in [0.2, 0.25) is 0 Å². The molecule has 0 aromatic rings. The van der Waals surface area contributed by atoms with Crippen molar-refractivity contribution < 1.29 is 4.74 Å². The summed E-state index contributed by atoms with van der Waals surface area (Å²) in [5, 5.41) is 3.45. The van der Waals surface area contributed by atoms with E-state index >= 15 is 0 Å². The molecule has 2 fully saturated rings. The van der Waals surface area contributed by atoms with Gasteiger partial charge in [-0.1, -0.05) is 0 Å². The highest BCUT2D eigenvalue weighted by atomic mass is 16.5. The van der Waals surface area contributed by atoms with Crippen molar-refractivity contribution in [2.75, 3.05) is 13.2 Å². The maximum atomic E-state index is 5.45. The molecule has 1 N–H and O–H groups in total. The van der Waals surface area contributed by atoms with Crippen LogP contribution in [0.5, 0.6) is 0 Å². The largest absolute Gasteiger partial charge is 0.377 e. The van der Waals surface area contributed by atoms with Crippen molar-refractivity contribution in [3.63, 3.8) is 0 Å². The van der Waals surface area contributed by atoms with Gasteiger partial charge in [-0.3, -0.25) is 0 Å². The van der Waals surface area contributed by atoms with Gasteiger partial charge in [0.2, 0.25) is 0 Å². The van der Waals surface area contributed by atoms with Gasteiger partial charge in [-0.25, -0.2) is 0 Å². The predicted molar refractivity (Wildman–Crippen MR) is 35.4 cm³/mol. The normalized spacial score (nSPS) is 49.7. The van der Waals surface area contributed by atoms with Crippen LogP contribution in [0.1, 0.15) is 19.8 Å². The molecule has 2 aliphatic rings. The molecular weight excluding hydrogens is 114 g/mol. The summed E-state index contributed by atoms with van der Waals surface area (Å²) in [5.74, 6) is 0. The van der Waals surface area contributed by atoms with E-state index in [0.29, 0.717) is 11.6 Å². The molecule has 0 bridgehead atoms. The first-order chi connectivity index (χ1) is 4.33. The monoisotopic (exact) mass is 127 g/mol. The van der Waals surface area contributed by atoms with Gasteiger partial charge in [0, 0.05) is 12.1 Å². The van der Waals surface area contributed by atoms with Crippen LogP contribution in [-0.2, 0) is 4.74 Å². The lowest BCUT2D eigenvalue weighted by atomic mass is 9.82. The fourth-order valence-corrected chi connectivity index (χ4v) is 1.79. The minimum absolute atomic E-state index is 0.403. The maximum Gasteiger partial charge on any atom is 0.0729 e. The molecule has 2 aliphatic heterocycles. The highest BCUT2D eigenvalue weighted by Gasteiger charge is 2.45. The van der Waals surface area contributed by atoms with E-state index in [1.54, 1.807) is 0 Å². The SMILES string of the molecule is CC1OCCC12CCN2. The van der Waals surface area contributed by atoms with E-state index < -0.39 is 0 Å². The highest BCUT2D eigenvalue weighted by molar-refractivity contribution is 5.03. The van der Waals surface area contributed by atoms with Crippen LogP contribution in [0, 0.1) is 0 Å². The number of hydrogen-bond donors (Lipinski definition) is 1. The Balaban J connectivity index is 2.09. The molecule has 0 aromatic heterocycles. The van der Waals surface area contributed by atoms with Crippen LogP contribution in [-0.4, -0.2) is 24.8 Å². The third-order valence-electron chi connectivity index (χ3n) is 2.74. The number of nitrogens with one attached hydrogen (secondary N) is 1. The predicted octanol–water partition coefficient (Wildman–Crippen LogP) is 0.527. The average Bonchev–Trinajstić information content (AvgIpc) is 2.07. The molecule has 2 unspecified atom stereocenters. The quantitative estimate of drug-likeness (QED) is 0.512. The third-order valence-corrected chi connectivity index (χ3v) is 2.74. The lowest BCUT2D eigenvalue weighted by Crippen LogP contribution is -2.60. The zero-order valence-electron chi connectivity index (χ0n) is 5.81. The van der Waals surface area contributed by atoms with Crippen molar-refractivity contribution in [1.29, 1.82) is 0 Å². The zero-order valence-corrected chi connectivity index (χ0v) is 5.81. The zero-order chi connectivity index (χ0) is 6.32. The Morgan fingerprint density at radius 3 is 2.56 bits per heavy atom. The van der Waals surface area contributed by atoms with Crippen LogP contribution in [0.4, 0.5) is 0 Å². The molecule has 2 rings (SSSR count). The first-order valence-electron chi connectivity index (χ1n) is 3.70. The Labute approximate surface area is 55.6 Å². The van der Waals surface area contributed by atoms with Crippen LogP contribution in [0.3, 0.4) is 0 Å². The summed E-state index contributed by atoms with van der Waals surface area (Å²) in [4.78, 5) is 0. The molecule has 2 heterocycles. The second-order valence-electron chi connectivity index (χ2n) is 3.10. The van der Waals surface area contributed by atoms with E-state index in [4.69, 9.17) is 4.74 Å². The summed E-state index contributed by atoms with van der Waals surface area (Å²) < 4.78 is 5.45. The van der Waals surface area contributed by atoms with E-state index in [2.05, 4.69) is 12.2 Å². The van der Waals surface area contributed by atoms with E-state index in [9.17, 15) is 0 Å². The van der Waals surface area contributed by atoms with Gasteiger partial charge in [0.05, 0.1) is 6.10 Å². The Morgan fingerprint density at radius 1 is 1.56 bits per heavy atom. The summed E-state index contributed by atoms with van der Waals surface area (Å²) in [6, 6.07) is 0. The maximum absolute atomic E-state index is 5.45. The van der Waals surface area contributed by atoms with E-state index in [-0.39, 0.29) is 0 Å². The summed E-state index contributed by atoms with van der Waals surface area (Å²) in [6.45, 7) is 4.31. The molecule has 0 amide bonds. The summed E-state index contributed by atoms with van der Waals surface area (Å²) in [6.07, 6.45) is 2.98. The Morgan fingerprint density at radius 2 is 2.33 bits per heavy atom. The van der Waals surface area contributed by atoms with Gasteiger partial charge in [0.25, 0.3) is 0 Å². The van der Waals surface area contributed by atoms with Gasteiger partial charge < -0.3 is 10.1 Å². The van der Waals surface area contributed by atoms with Crippen molar-refractivity contribution in [2.45, 2.75) is 31.4 Å². The molecule has 0 radical (unpaired) electrons. The fourth-order valence-electron chi connectivity index (χ4n) is 1.79. The van der Waals surface area contributed by atoms with Crippen molar-refractivity contribution in [1.82, 2.24) is 5.32 Å². The van der Waals surface area contributed by atoms with Crippen molar-refractivity contribution >= 4 is 0 Å². The second-order valence-corrected chi connectivity index (χ2v) is 3.10. The molecule has 2 saturated heterocycles. The number of rotatable bonds is 0. The third kappa shape index (κ3) is 0.634. The highest BCUT2D eigenvalue weighted by Crippen LogP contribution is 2.33. The van der Waals surface area contributed by atoms with Gasteiger partial charge in [-0.15, -0.1) is 0 Å². The molecule has 0 saturated carbocycles. The first-order valence-corrected chi connectivity index (χ1v) is 3.70. The van der Waals surface area contributed by atoms with E-state index in [1.807, 2.05) is 0 Å². The summed E-state index contributed by atoms with van der Waals surface area (Å²) >= 11 is 0. The van der Waals surface area contributed by atoms with Crippen LogP contribution in [0.15, 0.2) is 0 Å². The molecule has 52 valence electrons. The molecule has 0 aromatic carbocycles. The summed E-state index contributed by atoms with van der Waals surface area (Å²) in [7, 11) is 0. The molecule has 2 atom stereocenters. The molecule has 2 nitrogen and oxygen atoms in total. The fraction of sp³-hybridized carbons (Fsp3) is 1.00. The average molecular weight is 127 g/mol. The molecule has 2 heteroatoms. The van der Waals surface area contributed by atoms with Crippen molar-refractivity contribution in [2.24, 2.45) is 0 Å². The van der Waals surface area contributed by atoms with Crippen LogP contribution >= 0.6 is 0 Å². The van der Waals surface area contributed by atoms with Gasteiger partial charge in [0.15, 0.2) is 0 Å². The molecule has 0 aliphatic carbocycles. The molecule has 1 spiro atoms. The van der Waals surface area contributed by atoms with Gasteiger partial charge in [0.1, 0.15) is 0 Å². The number of ether oxygens (including phenoxy) is 1. The smallest absolute Gasteiger partial charge is 0.0729 e. The van der Waals surface area contributed by atoms with Crippen molar-refractivity contribution in [3.05, 3.63) is 0 Å². The van der Waals surface area contributed by atoms with Crippen LogP contribution in [0.25, 0.3) is 0 Å². The summed E-state index contributed by atoms with van der Waals surface area (Å²) in [5.41, 5.74) is 0.403. The topological polar surface area (TPSA) is 21.3 Å². The Bertz CT molecular complexity index is 120. The van der Waals surface area contributed by atoms with E-state index in [1.165, 1.54) is 19.4 Å². The second kappa shape index (κ2) is 1.70. The number of hydrogen-bond acceptors (Lipinski definition) is 2.